The smallest absolute Gasteiger partial charge is 0.313 e. The molecule has 0 spiro atoms. The number of fused-ring (bicyclic) bond motifs is 2. The molecule has 0 radical (unpaired) electrons. The second-order valence-electron chi connectivity index (χ2n) is 7.23. The zero-order chi connectivity index (χ0) is 15.3. The highest BCUT2D eigenvalue weighted by Crippen LogP contribution is 2.63. The van der Waals surface area contributed by atoms with Crippen LogP contribution in [0.1, 0.15) is 56.0 Å². The fraction of sp³-hybridized carbons (Fsp3) is 0.556. The van der Waals surface area contributed by atoms with Crippen molar-refractivity contribution in [1.82, 2.24) is 0 Å². The molecule has 3 rings (SSSR count). The number of rotatable bonds is 2. The van der Waals surface area contributed by atoms with Gasteiger partial charge >= 0.3 is 5.97 Å². The minimum atomic E-state index is -0.357. The Balaban J connectivity index is 1.79. The Morgan fingerprint density at radius 3 is 2.57 bits per heavy atom. The number of nitrogens with zero attached hydrogens (tertiary/aromatic N) is 1. The molecule has 1 aromatic rings. The number of oxime groups is 1. The van der Waals surface area contributed by atoms with E-state index in [1.165, 1.54) is 6.42 Å². The van der Waals surface area contributed by atoms with E-state index in [2.05, 4.69) is 25.9 Å². The summed E-state index contributed by atoms with van der Waals surface area (Å²) >= 11 is 0. The summed E-state index contributed by atoms with van der Waals surface area (Å²) in [7, 11) is 0. The Bertz CT molecular complexity index is 617. The Morgan fingerprint density at radius 2 is 2.00 bits per heavy atom. The highest BCUT2D eigenvalue weighted by molar-refractivity contribution is 5.96. The van der Waals surface area contributed by atoms with Crippen molar-refractivity contribution in [2.24, 2.45) is 21.9 Å². The molecule has 2 fully saturated rings. The first-order valence-electron chi connectivity index (χ1n) is 7.70. The molecule has 2 atom stereocenters. The molecule has 2 aliphatic carbocycles. The SMILES string of the molecule is Cc1ccccc1C(=O)O/N=C1\C[C@@H]2CC[C@@]1(C)C2(C)C. The normalized spacial score (nSPS) is 31.6. The van der Waals surface area contributed by atoms with Crippen LogP contribution in [0.4, 0.5) is 0 Å². The van der Waals surface area contributed by atoms with Crippen molar-refractivity contribution in [2.45, 2.75) is 47.0 Å². The van der Waals surface area contributed by atoms with Crippen molar-refractivity contribution >= 4 is 11.7 Å². The van der Waals surface area contributed by atoms with Gasteiger partial charge in [-0.1, -0.05) is 44.1 Å². The molecule has 0 aliphatic heterocycles. The molecule has 2 saturated carbocycles. The molecule has 0 N–H and O–H groups in total. The summed E-state index contributed by atoms with van der Waals surface area (Å²) in [6, 6.07) is 7.45. The molecular formula is C18H23NO2. The summed E-state index contributed by atoms with van der Waals surface area (Å²) in [5.74, 6) is 0.309. The molecule has 0 amide bonds. The summed E-state index contributed by atoms with van der Waals surface area (Å²) in [4.78, 5) is 17.4. The van der Waals surface area contributed by atoms with Crippen LogP contribution in [0.2, 0.25) is 0 Å². The third-order valence-electron chi connectivity index (χ3n) is 6.12. The molecule has 2 bridgehead atoms. The van der Waals surface area contributed by atoms with Crippen LogP contribution in [0.25, 0.3) is 0 Å². The molecule has 21 heavy (non-hydrogen) atoms. The molecule has 3 heteroatoms. The molecule has 2 aliphatic rings. The van der Waals surface area contributed by atoms with E-state index in [1.807, 2.05) is 25.1 Å². The van der Waals surface area contributed by atoms with Crippen LogP contribution >= 0.6 is 0 Å². The van der Waals surface area contributed by atoms with E-state index in [1.54, 1.807) is 6.07 Å². The molecule has 0 saturated heterocycles. The summed E-state index contributed by atoms with van der Waals surface area (Å²) in [6.07, 6.45) is 3.37. The van der Waals surface area contributed by atoms with Crippen molar-refractivity contribution < 1.29 is 9.63 Å². The standard InChI is InChI=1S/C18H23NO2/c1-12-7-5-6-8-14(12)16(20)21-19-15-11-13-9-10-18(15,4)17(13,2)3/h5-8,13H,9-11H2,1-4H3/b19-15+/t13-,18+/m0/s1. The lowest BCUT2D eigenvalue weighted by atomic mass is 9.70. The average Bonchev–Trinajstić information content (AvgIpc) is 2.78. The molecule has 0 aromatic heterocycles. The van der Waals surface area contributed by atoms with Crippen LogP contribution < -0.4 is 0 Å². The Labute approximate surface area is 126 Å². The monoisotopic (exact) mass is 285 g/mol. The maximum absolute atomic E-state index is 12.2. The summed E-state index contributed by atoms with van der Waals surface area (Å²) in [5, 5.41) is 4.26. The lowest BCUT2D eigenvalue weighted by molar-refractivity contribution is 0.0507. The van der Waals surface area contributed by atoms with Crippen LogP contribution in [0.3, 0.4) is 0 Å². The van der Waals surface area contributed by atoms with Gasteiger partial charge in [-0.05, 0) is 49.1 Å². The van der Waals surface area contributed by atoms with Gasteiger partial charge in [0, 0.05) is 5.41 Å². The number of benzene rings is 1. The van der Waals surface area contributed by atoms with E-state index < -0.39 is 0 Å². The molecule has 0 heterocycles. The first-order valence-corrected chi connectivity index (χ1v) is 7.70. The fourth-order valence-corrected chi connectivity index (χ4v) is 4.01. The Hall–Kier alpha value is -1.64. The van der Waals surface area contributed by atoms with Crippen LogP contribution in [0.15, 0.2) is 29.4 Å². The van der Waals surface area contributed by atoms with Crippen molar-refractivity contribution in [2.75, 3.05) is 0 Å². The van der Waals surface area contributed by atoms with Gasteiger partial charge in [0.25, 0.3) is 0 Å². The molecule has 3 nitrogen and oxygen atoms in total. The lowest BCUT2D eigenvalue weighted by Gasteiger charge is -2.34. The predicted molar refractivity (Wildman–Crippen MR) is 83.3 cm³/mol. The quantitative estimate of drug-likeness (QED) is 0.598. The van der Waals surface area contributed by atoms with Gasteiger partial charge in [0.2, 0.25) is 0 Å². The van der Waals surface area contributed by atoms with E-state index in [9.17, 15) is 4.79 Å². The van der Waals surface area contributed by atoms with Crippen LogP contribution in [0.5, 0.6) is 0 Å². The maximum Gasteiger partial charge on any atom is 0.365 e. The fourth-order valence-electron chi connectivity index (χ4n) is 4.01. The van der Waals surface area contributed by atoms with Gasteiger partial charge in [-0.3, -0.25) is 0 Å². The maximum atomic E-state index is 12.2. The summed E-state index contributed by atoms with van der Waals surface area (Å²) in [6.45, 7) is 8.80. The molecular weight excluding hydrogens is 262 g/mol. The highest BCUT2D eigenvalue weighted by Gasteiger charge is 2.60. The van der Waals surface area contributed by atoms with Gasteiger partial charge < -0.3 is 4.84 Å². The minimum absolute atomic E-state index is 0.0731. The summed E-state index contributed by atoms with van der Waals surface area (Å²) in [5.41, 5.74) is 2.90. The Morgan fingerprint density at radius 1 is 1.29 bits per heavy atom. The van der Waals surface area contributed by atoms with E-state index in [0.717, 1.165) is 24.1 Å². The average molecular weight is 285 g/mol. The largest absolute Gasteiger partial charge is 0.365 e. The molecule has 112 valence electrons. The Kier molecular flexibility index (Phi) is 3.19. The van der Waals surface area contributed by atoms with Crippen molar-refractivity contribution in [1.29, 1.82) is 0 Å². The van der Waals surface area contributed by atoms with E-state index in [4.69, 9.17) is 4.84 Å². The second kappa shape index (κ2) is 4.69. The lowest BCUT2D eigenvalue weighted by Crippen LogP contribution is -2.32. The third-order valence-corrected chi connectivity index (χ3v) is 6.12. The van der Waals surface area contributed by atoms with Gasteiger partial charge in [-0.15, -0.1) is 0 Å². The molecule has 0 unspecified atom stereocenters. The minimum Gasteiger partial charge on any atom is -0.313 e. The van der Waals surface area contributed by atoms with Gasteiger partial charge in [0.1, 0.15) is 0 Å². The zero-order valence-electron chi connectivity index (χ0n) is 13.3. The van der Waals surface area contributed by atoms with Crippen molar-refractivity contribution in [3.05, 3.63) is 35.4 Å². The highest BCUT2D eigenvalue weighted by atomic mass is 16.7. The van der Waals surface area contributed by atoms with Crippen LogP contribution in [-0.4, -0.2) is 11.7 Å². The van der Waals surface area contributed by atoms with E-state index in [-0.39, 0.29) is 16.8 Å². The van der Waals surface area contributed by atoms with Crippen molar-refractivity contribution in [3.8, 4) is 0 Å². The first kappa shape index (κ1) is 14.3. The third kappa shape index (κ3) is 2.02. The van der Waals surface area contributed by atoms with Gasteiger partial charge in [-0.25, -0.2) is 4.79 Å². The van der Waals surface area contributed by atoms with Gasteiger partial charge in [-0.2, -0.15) is 0 Å². The second-order valence-corrected chi connectivity index (χ2v) is 7.23. The number of aryl methyl sites for hydroxylation is 1. The zero-order valence-corrected chi connectivity index (χ0v) is 13.3. The van der Waals surface area contributed by atoms with E-state index >= 15 is 0 Å². The number of hydrogen-bond acceptors (Lipinski definition) is 3. The number of hydrogen-bond donors (Lipinski definition) is 0. The van der Waals surface area contributed by atoms with Gasteiger partial charge in [0.05, 0.1) is 11.3 Å². The topological polar surface area (TPSA) is 38.7 Å². The van der Waals surface area contributed by atoms with Crippen molar-refractivity contribution in [3.63, 3.8) is 0 Å². The molecule has 1 aromatic carbocycles. The first-order chi connectivity index (χ1) is 9.86. The number of carbonyl (C=O) groups excluding carboxylic acids is 1. The van der Waals surface area contributed by atoms with Crippen LogP contribution in [0, 0.1) is 23.7 Å². The van der Waals surface area contributed by atoms with E-state index in [0.29, 0.717) is 11.5 Å². The van der Waals surface area contributed by atoms with Crippen LogP contribution in [-0.2, 0) is 4.84 Å². The summed E-state index contributed by atoms with van der Waals surface area (Å²) < 4.78 is 0. The predicted octanol–water partition coefficient (Wildman–Crippen LogP) is 4.35. The van der Waals surface area contributed by atoms with Gasteiger partial charge in [0.15, 0.2) is 0 Å². The number of carbonyl (C=O) groups is 1.